The molecule has 0 amide bonds. The van der Waals surface area contributed by atoms with Crippen molar-refractivity contribution in [1.82, 2.24) is 0 Å². The van der Waals surface area contributed by atoms with Crippen LogP contribution < -0.4 is 10.6 Å². The molecule has 0 heterocycles. The number of anilines is 4. The Morgan fingerprint density at radius 2 is 0.711 bits per heavy atom. The molecule has 0 saturated heterocycles. The smallest absolute Gasteiger partial charge is 0.0634 e. The quantitative estimate of drug-likeness (QED) is 0.211. The van der Waals surface area contributed by atoms with Gasteiger partial charge in [0.25, 0.3) is 0 Å². The largest absolute Gasteiger partial charge is 0.356 e. The van der Waals surface area contributed by atoms with E-state index in [1.165, 1.54) is 0 Å². The summed E-state index contributed by atoms with van der Waals surface area (Å²) in [5.41, 5.74) is 10.2. The molecule has 0 aliphatic carbocycles. The third kappa shape index (κ3) is 6.62. The zero-order valence-electron chi connectivity index (χ0n) is 21.6. The van der Waals surface area contributed by atoms with Gasteiger partial charge < -0.3 is 10.6 Å². The Labute approximate surface area is 224 Å². The maximum Gasteiger partial charge on any atom is 0.0634 e. The first-order valence-corrected chi connectivity index (χ1v) is 12.7. The summed E-state index contributed by atoms with van der Waals surface area (Å²) in [6.07, 6.45) is 0. The maximum atomic E-state index is 4.81. The molecule has 38 heavy (non-hydrogen) atoms. The molecule has 0 unspecified atom stereocenters. The minimum absolute atomic E-state index is 0.924. The third-order valence-corrected chi connectivity index (χ3v) is 6.17. The highest BCUT2D eigenvalue weighted by molar-refractivity contribution is 6.03. The van der Waals surface area contributed by atoms with Crippen molar-refractivity contribution in [2.24, 2.45) is 9.98 Å². The molecule has 4 heteroatoms. The first-order valence-electron chi connectivity index (χ1n) is 12.7. The monoisotopic (exact) mass is 494 g/mol. The lowest BCUT2D eigenvalue weighted by Crippen LogP contribution is -1.98. The van der Waals surface area contributed by atoms with Crippen LogP contribution in [0.15, 0.2) is 143 Å². The van der Waals surface area contributed by atoms with Gasteiger partial charge in [-0.25, -0.2) is 0 Å². The lowest BCUT2D eigenvalue weighted by molar-refractivity contribution is 1.45. The summed E-state index contributed by atoms with van der Waals surface area (Å²) in [6, 6.07) is 45.0. The van der Waals surface area contributed by atoms with E-state index in [0.29, 0.717) is 0 Å². The lowest BCUT2D eigenvalue weighted by Gasteiger charge is -2.08. The van der Waals surface area contributed by atoms with Gasteiger partial charge in [0.2, 0.25) is 0 Å². The van der Waals surface area contributed by atoms with Gasteiger partial charge in [-0.05, 0) is 97.8 Å². The van der Waals surface area contributed by atoms with Gasteiger partial charge in [0.1, 0.15) is 0 Å². The number of para-hydroxylation sites is 2. The topological polar surface area (TPSA) is 48.8 Å². The van der Waals surface area contributed by atoms with Gasteiger partial charge in [-0.15, -0.1) is 0 Å². The van der Waals surface area contributed by atoms with E-state index in [4.69, 9.17) is 9.98 Å². The summed E-state index contributed by atoms with van der Waals surface area (Å²) in [4.78, 5) is 9.62. The number of hydrogen-bond acceptors (Lipinski definition) is 4. The Morgan fingerprint density at radius 3 is 1.05 bits per heavy atom. The molecule has 0 atom stereocenters. The molecule has 0 aliphatic rings. The van der Waals surface area contributed by atoms with Crippen LogP contribution in [0.5, 0.6) is 0 Å². The molecule has 0 radical (unpaired) electrons. The number of nitrogens with zero attached hydrogens (tertiary/aromatic N) is 2. The number of benzene rings is 5. The van der Waals surface area contributed by atoms with Crippen LogP contribution in [0.25, 0.3) is 0 Å². The lowest BCUT2D eigenvalue weighted by atomic mass is 10.1. The van der Waals surface area contributed by atoms with E-state index in [1.807, 2.05) is 123 Å². The van der Waals surface area contributed by atoms with Crippen LogP contribution in [-0.2, 0) is 0 Å². The number of nitrogens with one attached hydrogen (secondary N) is 2. The zero-order chi connectivity index (χ0) is 26.2. The van der Waals surface area contributed by atoms with Crippen LogP contribution in [0.1, 0.15) is 25.0 Å². The van der Waals surface area contributed by atoms with E-state index in [0.717, 1.165) is 56.7 Å². The molecule has 5 aromatic rings. The molecule has 5 rings (SSSR count). The third-order valence-electron chi connectivity index (χ3n) is 6.17. The highest BCUT2D eigenvalue weighted by Gasteiger charge is 2.03. The van der Waals surface area contributed by atoms with E-state index in [2.05, 4.69) is 34.9 Å². The van der Waals surface area contributed by atoms with Gasteiger partial charge in [-0.3, -0.25) is 9.98 Å². The number of rotatable bonds is 8. The van der Waals surface area contributed by atoms with Gasteiger partial charge >= 0.3 is 0 Å². The van der Waals surface area contributed by atoms with Crippen molar-refractivity contribution >= 4 is 45.5 Å². The molecule has 0 spiro atoms. The minimum atomic E-state index is 0.924. The Hall–Kier alpha value is -4.96. The van der Waals surface area contributed by atoms with Crippen molar-refractivity contribution in [1.29, 1.82) is 0 Å². The summed E-state index contributed by atoms with van der Waals surface area (Å²) in [5, 5.41) is 6.80. The molecule has 0 fully saturated rings. The van der Waals surface area contributed by atoms with Gasteiger partial charge in [0.05, 0.1) is 11.4 Å². The average molecular weight is 495 g/mol. The Kier molecular flexibility index (Phi) is 7.71. The molecule has 0 bridgehead atoms. The summed E-state index contributed by atoms with van der Waals surface area (Å²) in [5.74, 6) is 0. The SMILES string of the molecule is CC(=Nc1ccc(Nc2ccccc2)cc1)c1ccc(C(C)=Nc2ccc(Nc3ccccc3)cc2)cc1. The Bertz CT molecular complexity index is 1400. The van der Waals surface area contributed by atoms with Crippen LogP contribution in [0.3, 0.4) is 0 Å². The molecule has 0 aromatic heterocycles. The van der Waals surface area contributed by atoms with Gasteiger partial charge in [0, 0.05) is 34.2 Å². The van der Waals surface area contributed by atoms with Crippen LogP contribution in [0.2, 0.25) is 0 Å². The predicted octanol–water partition coefficient (Wildman–Crippen LogP) is 9.46. The van der Waals surface area contributed by atoms with Gasteiger partial charge in [-0.1, -0.05) is 60.7 Å². The molecular weight excluding hydrogens is 464 g/mol. The molecule has 5 aromatic carbocycles. The average Bonchev–Trinajstić information content (AvgIpc) is 2.96. The fraction of sp³-hybridized carbons (Fsp3) is 0.0588. The van der Waals surface area contributed by atoms with Crippen LogP contribution in [0, 0.1) is 0 Å². The van der Waals surface area contributed by atoms with E-state index in [-0.39, 0.29) is 0 Å². The number of hydrogen-bond donors (Lipinski definition) is 2. The van der Waals surface area contributed by atoms with Crippen molar-refractivity contribution in [3.05, 3.63) is 145 Å². The summed E-state index contributed by atoms with van der Waals surface area (Å²) in [6.45, 7) is 4.08. The summed E-state index contributed by atoms with van der Waals surface area (Å²) >= 11 is 0. The van der Waals surface area contributed by atoms with E-state index in [1.54, 1.807) is 0 Å². The van der Waals surface area contributed by atoms with Crippen molar-refractivity contribution < 1.29 is 0 Å². The van der Waals surface area contributed by atoms with Crippen LogP contribution >= 0.6 is 0 Å². The second-order valence-corrected chi connectivity index (χ2v) is 9.05. The highest BCUT2D eigenvalue weighted by atomic mass is 14.9. The fourth-order valence-electron chi connectivity index (χ4n) is 4.08. The first kappa shape index (κ1) is 24.7. The van der Waals surface area contributed by atoms with E-state index < -0.39 is 0 Å². The molecule has 0 aliphatic heterocycles. The Balaban J connectivity index is 1.22. The van der Waals surface area contributed by atoms with Gasteiger partial charge in [-0.2, -0.15) is 0 Å². The van der Waals surface area contributed by atoms with Crippen molar-refractivity contribution in [2.75, 3.05) is 10.6 Å². The molecule has 186 valence electrons. The van der Waals surface area contributed by atoms with Crippen molar-refractivity contribution in [2.45, 2.75) is 13.8 Å². The fourth-order valence-corrected chi connectivity index (χ4v) is 4.08. The minimum Gasteiger partial charge on any atom is -0.356 e. The number of aliphatic imine (C=N–C) groups is 2. The standard InChI is InChI=1S/C34H30N4/c1-25(35-31-17-21-33(22-18-31)37-29-9-5-3-6-10-29)27-13-15-28(16-14-27)26(2)36-32-19-23-34(24-20-32)38-30-11-7-4-8-12-30/h3-24,37-38H,1-2H3. The van der Waals surface area contributed by atoms with Gasteiger partial charge in [0.15, 0.2) is 0 Å². The van der Waals surface area contributed by atoms with Crippen molar-refractivity contribution in [3.8, 4) is 0 Å². The molecule has 0 saturated carbocycles. The zero-order valence-corrected chi connectivity index (χ0v) is 21.6. The first-order chi connectivity index (χ1) is 18.6. The highest BCUT2D eigenvalue weighted by Crippen LogP contribution is 2.23. The Morgan fingerprint density at radius 1 is 0.395 bits per heavy atom. The molecular formula is C34H30N4. The second kappa shape index (κ2) is 11.8. The van der Waals surface area contributed by atoms with E-state index >= 15 is 0 Å². The summed E-state index contributed by atoms with van der Waals surface area (Å²) < 4.78 is 0. The predicted molar refractivity (Wildman–Crippen MR) is 163 cm³/mol. The van der Waals surface area contributed by atoms with Crippen molar-refractivity contribution in [3.63, 3.8) is 0 Å². The summed E-state index contributed by atoms with van der Waals surface area (Å²) in [7, 11) is 0. The van der Waals surface area contributed by atoms with Crippen LogP contribution in [-0.4, -0.2) is 11.4 Å². The maximum absolute atomic E-state index is 4.81. The molecule has 4 nitrogen and oxygen atoms in total. The van der Waals surface area contributed by atoms with Crippen LogP contribution in [0.4, 0.5) is 34.1 Å². The second-order valence-electron chi connectivity index (χ2n) is 9.05. The molecule has 2 N–H and O–H groups in total. The van der Waals surface area contributed by atoms with E-state index in [9.17, 15) is 0 Å². The normalized spacial score (nSPS) is 11.7.